The Bertz CT molecular complexity index is 866. The smallest absolute Gasteiger partial charge is 0.293 e. The van der Waals surface area contributed by atoms with Gasteiger partial charge < -0.3 is 5.32 Å². The van der Waals surface area contributed by atoms with E-state index in [1.54, 1.807) is 6.08 Å². The van der Waals surface area contributed by atoms with Crippen molar-refractivity contribution < 1.29 is 14.4 Å². The normalized spacial score (nSPS) is 15.3. The zero-order valence-electron chi connectivity index (χ0n) is 15.5. The van der Waals surface area contributed by atoms with Crippen LogP contribution in [0.4, 0.5) is 4.79 Å². The lowest BCUT2D eigenvalue weighted by molar-refractivity contribution is -0.124. The highest BCUT2D eigenvalue weighted by molar-refractivity contribution is 8.18. The number of hydrogen-bond donors (Lipinski definition) is 1. The van der Waals surface area contributed by atoms with E-state index in [0.29, 0.717) is 11.3 Å². The number of nitrogens with one attached hydrogen (secondary N) is 1. The van der Waals surface area contributed by atoms with E-state index in [0.717, 1.165) is 30.2 Å². The van der Waals surface area contributed by atoms with Gasteiger partial charge in [0.05, 0.1) is 4.91 Å². The first-order chi connectivity index (χ1) is 13.6. The molecule has 3 amide bonds. The molecule has 0 aliphatic carbocycles. The molecule has 3 rings (SSSR count). The van der Waals surface area contributed by atoms with Crippen LogP contribution in [-0.2, 0) is 16.0 Å². The summed E-state index contributed by atoms with van der Waals surface area (Å²) >= 11 is 0.933. The Hall–Kier alpha value is -2.86. The van der Waals surface area contributed by atoms with Gasteiger partial charge >= 0.3 is 0 Å². The van der Waals surface area contributed by atoms with Crippen molar-refractivity contribution in [1.29, 1.82) is 0 Å². The molecule has 6 heteroatoms. The summed E-state index contributed by atoms with van der Waals surface area (Å²) in [7, 11) is 0. The van der Waals surface area contributed by atoms with Gasteiger partial charge in [0.1, 0.15) is 0 Å². The molecule has 0 unspecified atom stereocenters. The molecule has 1 heterocycles. The number of hydrogen-bond acceptors (Lipinski definition) is 4. The third-order valence-corrected chi connectivity index (χ3v) is 5.25. The average molecular weight is 394 g/mol. The lowest BCUT2D eigenvalue weighted by Gasteiger charge is -2.13. The maximum Gasteiger partial charge on any atom is 0.293 e. The minimum atomic E-state index is -0.308. The first kappa shape index (κ1) is 19.9. The van der Waals surface area contributed by atoms with Crippen molar-refractivity contribution in [3.63, 3.8) is 0 Å². The first-order valence-electron chi connectivity index (χ1n) is 9.24. The fourth-order valence-electron chi connectivity index (χ4n) is 2.89. The summed E-state index contributed by atoms with van der Waals surface area (Å²) in [5.41, 5.74) is 2.08. The highest BCUT2D eigenvalue weighted by Crippen LogP contribution is 2.31. The van der Waals surface area contributed by atoms with Crippen molar-refractivity contribution in [3.8, 4) is 0 Å². The van der Waals surface area contributed by atoms with Crippen molar-refractivity contribution in [1.82, 2.24) is 10.2 Å². The molecule has 0 aromatic heterocycles. The third kappa shape index (κ3) is 5.57. The van der Waals surface area contributed by atoms with Crippen molar-refractivity contribution in [2.24, 2.45) is 0 Å². The number of carbonyl (C=O) groups excluding carboxylic acids is 3. The van der Waals surface area contributed by atoms with Gasteiger partial charge in [-0.2, -0.15) is 0 Å². The van der Waals surface area contributed by atoms with Crippen molar-refractivity contribution >= 4 is 34.9 Å². The van der Waals surface area contributed by atoms with Crippen LogP contribution in [0, 0.1) is 0 Å². The van der Waals surface area contributed by atoms with Crippen LogP contribution in [0.15, 0.2) is 65.6 Å². The monoisotopic (exact) mass is 394 g/mol. The summed E-state index contributed by atoms with van der Waals surface area (Å²) < 4.78 is 0. The zero-order valence-corrected chi connectivity index (χ0v) is 16.3. The predicted octanol–water partition coefficient (Wildman–Crippen LogP) is 3.86. The molecule has 1 saturated heterocycles. The molecule has 1 N–H and O–H groups in total. The van der Waals surface area contributed by atoms with Gasteiger partial charge in [-0.25, -0.2) is 0 Å². The van der Waals surface area contributed by atoms with E-state index in [1.807, 2.05) is 60.7 Å². The fraction of sp³-hybridized carbons (Fsp3) is 0.227. The number of benzene rings is 2. The van der Waals surface area contributed by atoms with Crippen LogP contribution in [0.2, 0.25) is 0 Å². The number of rotatable bonds is 8. The molecule has 2 aromatic carbocycles. The number of amides is 3. The molecule has 0 atom stereocenters. The van der Waals surface area contributed by atoms with E-state index in [4.69, 9.17) is 0 Å². The van der Waals surface area contributed by atoms with Gasteiger partial charge in [0, 0.05) is 19.5 Å². The molecule has 0 radical (unpaired) electrons. The Morgan fingerprint density at radius 1 is 1.00 bits per heavy atom. The lowest BCUT2D eigenvalue weighted by Crippen LogP contribution is -2.37. The van der Waals surface area contributed by atoms with E-state index in [9.17, 15) is 14.4 Å². The van der Waals surface area contributed by atoms with Gasteiger partial charge in [0.25, 0.3) is 11.1 Å². The molecule has 0 spiro atoms. The van der Waals surface area contributed by atoms with Crippen molar-refractivity contribution in [2.75, 3.05) is 13.1 Å². The summed E-state index contributed by atoms with van der Waals surface area (Å²) in [6.07, 6.45) is 3.75. The van der Waals surface area contributed by atoms with Gasteiger partial charge in [0.15, 0.2) is 0 Å². The summed E-state index contributed by atoms with van der Waals surface area (Å²) in [4.78, 5) is 38.1. The lowest BCUT2D eigenvalue weighted by atomic mass is 10.1. The van der Waals surface area contributed by atoms with Crippen LogP contribution in [0.25, 0.3) is 6.08 Å². The zero-order chi connectivity index (χ0) is 19.8. The van der Waals surface area contributed by atoms with E-state index >= 15 is 0 Å². The molecule has 5 nitrogen and oxygen atoms in total. The molecule has 1 fully saturated rings. The summed E-state index contributed by atoms with van der Waals surface area (Å²) in [6.45, 7) is 0.446. The van der Waals surface area contributed by atoms with Gasteiger partial charge in [-0.3, -0.25) is 19.3 Å². The number of imide groups is 1. The Balaban J connectivity index is 1.41. The van der Waals surface area contributed by atoms with Gasteiger partial charge in [0.2, 0.25) is 5.91 Å². The second kappa shape index (κ2) is 9.90. The van der Waals surface area contributed by atoms with E-state index in [1.165, 1.54) is 10.5 Å². The average Bonchev–Trinajstić information content (AvgIpc) is 2.97. The maximum absolute atomic E-state index is 12.4. The van der Waals surface area contributed by atoms with Crippen molar-refractivity contribution in [2.45, 2.75) is 19.3 Å². The van der Waals surface area contributed by atoms with E-state index in [2.05, 4.69) is 5.32 Å². The Labute approximate surface area is 168 Å². The molecular weight excluding hydrogens is 372 g/mol. The summed E-state index contributed by atoms with van der Waals surface area (Å²) in [5, 5.41) is 2.49. The Morgan fingerprint density at radius 3 is 2.39 bits per heavy atom. The Kier molecular flexibility index (Phi) is 7.03. The minimum absolute atomic E-state index is 0.0669. The first-order valence-corrected chi connectivity index (χ1v) is 10.1. The molecular formula is C22H22N2O3S. The van der Waals surface area contributed by atoms with Crippen LogP contribution in [0.3, 0.4) is 0 Å². The predicted molar refractivity (Wildman–Crippen MR) is 112 cm³/mol. The molecule has 28 heavy (non-hydrogen) atoms. The number of aryl methyl sites for hydroxylation is 1. The van der Waals surface area contributed by atoms with E-state index < -0.39 is 0 Å². The highest BCUT2D eigenvalue weighted by Gasteiger charge is 2.34. The number of carbonyl (C=O) groups is 3. The van der Waals surface area contributed by atoms with Gasteiger partial charge in [-0.15, -0.1) is 0 Å². The molecule has 2 aromatic rings. The molecule has 0 bridgehead atoms. The van der Waals surface area contributed by atoms with Gasteiger partial charge in [-0.1, -0.05) is 60.7 Å². The largest absolute Gasteiger partial charge is 0.354 e. The van der Waals surface area contributed by atoms with Crippen molar-refractivity contribution in [3.05, 3.63) is 76.7 Å². The molecule has 0 saturated carbocycles. The highest BCUT2D eigenvalue weighted by atomic mass is 32.2. The van der Waals surface area contributed by atoms with Crippen LogP contribution in [-0.4, -0.2) is 35.0 Å². The third-order valence-electron chi connectivity index (χ3n) is 4.34. The second-order valence-electron chi connectivity index (χ2n) is 6.43. The SMILES string of the molecule is O=C(CCCc1ccccc1)NCCN1C(=O)S/C(=C\c2ccccc2)C1=O. The molecule has 1 aliphatic heterocycles. The quantitative estimate of drug-likeness (QED) is 0.691. The molecule has 144 valence electrons. The van der Waals surface area contributed by atoms with Crippen LogP contribution in [0.1, 0.15) is 24.0 Å². The topological polar surface area (TPSA) is 66.5 Å². The Morgan fingerprint density at radius 2 is 1.68 bits per heavy atom. The van der Waals surface area contributed by atoms with Crippen LogP contribution in [0.5, 0.6) is 0 Å². The number of thioether (sulfide) groups is 1. The molecule has 1 aliphatic rings. The van der Waals surface area contributed by atoms with Gasteiger partial charge in [-0.05, 0) is 41.8 Å². The standard InChI is InChI=1S/C22H22N2O3S/c25-20(13-7-12-17-8-3-1-4-9-17)23-14-15-24-21(26)19(28-22(24)27)16-18-10-5-2-6-11-18/h1-6,8-11,16H,7,12-15H2,(H,23,25)/b19-16-. The van der Waals surface area contributed by atoms with Crippen LogP contribution < -0.4 is 5.32 Å². The summed E-state index contributed by atoms with van der Waals surface area (Å²) in [6, 6.07) is 19.4. The minimum Gasteiger partial charge on any atom is -0.354 e. The number of nitrogens with zero attached hydrogens (tertiary/aromatic N) is 1. The van der Waals surface area contributed by atoms with Crippen LogP contribution >= 0.6 is 11.8 Å². The summed E-state index contributed by atoms with van der Waals surface area (Å²) in [5.74, 6) is -0.375. The van der Waals surface area contributed by atoms with E-state index in [-0.39, 0.29) is 30.1 Å². The fourth-order valence-corrected chi connectivity index (χ4v) is 3.75. The maximum atomic E-state index is 12.4. The second-order valence-corrected chi connectivity index (χ2v) is 7.43.